The third-order valence-electron chi connectivity index (χ3n) is 4.02. The van der Waals surface area contributed by atoms with Crippen molar-refractivity contribution in [3.63, 3.8) is 0 Å². The number of rotatable bonds is 4. The normalized spacial score (nSPS) is 10.9. The summed E-state index contributed by atoms with van der Waals surface area (Å²) in [6.45, 7) is 1.86. The Balaban J connectivity index is 1.78. The highest BCUT2D eigenvalue weighted by atomic mass is 35.5. The lowest BCUT2D eigenvalue weighted by Gasteiger charge is -2.07. The van der Waals surface area contributed by atoms with Crippen LogP contribution in [0.2, 0.25) is 5.02 Å². The summed E-state index contributed by atoms with van der Waals surface area (Å²) < 4.78 is 5.43. The number of carbonyl (C=O) groups excluding carboxylic acids is 1. The number of hydrogen-bond acceptors (Lipinski definition) is 3. The second kappa shape index (κ2) is 8.35. The molecule has 0 fully saturated rings. The number of esters is 1. The van der Waals surface area contributed by atoms with Gasteiger partial charge in [-0.25, -0.2) is 4.79 Å². The van der Waals surface area contributed by atoms with Gasteiger partial charge < -0.3 is 4.74 Å². The lowest BCUT2D eigenvalue weighted by atomic mass is 10.0. The summed E-state index contributed by atoms with van der Waals surface area (Å²) >= 11 is 5.99. The molecule has 0 spiro atoms. The molecule has 0 aliphatic carbocycles. The molecule has 132 valence electrons. The molecule has 0 bridgehead atoms. The van der Waals surface area contributed by atoms with E-state index in [4.69, 9.17) is 16.3 Å². The molecule has 0 aromatic heterocycles. The van der Waals surface area contributed by atoms with Crippen molar-refractivity contribution >= 4 is 29.2 Å². The van der Waals surface area contributed by atoms with E-state index in [1.807, 2.05) is 25.1 Å². The number of benzene rings is 3. The molecule has 0 heterocycles. The van der Waals surface area contributed by atoms with Gasteiger partial charge in [0.05, 0.1) is 17.2 Å². The molecule has 3 aromatic carbocycles. The first-order valence-electron chi connectivity index (χ1n) is 8.32. The Morgan fingerprint density at radius 1 is 1.04 bits per heavy atom. The van der Waals surface area contributed by atoms with Crippen LogP contribution in [0.25, 0.3) is 11.6 Å². The van der Waals surface area contributed by atoms with E-state index in [2.05, 4.69) is 6.07 Å². The summed E-state index contributed by atoms with van der Waals surface area (Å²) in [7, 11) is 0. The van der Waals surface area contributed by atoms with Gasteiger partial charge in [0.25, 0.3) is 0 Å². The van der Waals surface area contributed by atoms with Crippen LogP contribution in [0, 0.1) is 18.3 Å². The second-order valence-electron chi connectivity index (χ2n) is 5.95. The highest BCUT2D eigenvalue weighted by Gasteiger charge is 2.10. The van der Waals surface area contributed by atoms with E-state index in [1.54, 1.807) is 60.7 Å². The highest BCUT2D eigenvalue weighted by molar-refractivity contribution is 6.30. The lowest BCUT2D eigenvalue weighted by molar-refractivity contribution is 0.0734. The maximum Gasteiger partial charge on any atom is 0.343 e. The van der Waals surface area contributed by atoms with Crippen molar-refractivity contribution in [1.29, 1.82) is 5.26 Å². The molecule has 3 nitrogen and oxygen atoms in total. The minimum Gasteiger partial charge on any atom is -0.423 e. The Bertz CT molecular complexity index is 1050. The van der Waals surface area contributed by atoms with Crippen molar-refractivity contribution in [2.45, 2.75) is 6.92 Å². The van der Waals surface area contributed by atoms with Crippen LogP contribution in [-0.2, 0) is 0 Å². The highest BCUT2D eigenvalue weighted by Crippen LogP contribution is 2.22. The summed E-state index contributed by atoms with van der Waals surface area (Å²) in [5.74, 6) is 0.0506. The third-order valence-corrected chi connectivity index (χ3v) is 4.26. The first-order valence-corrected chi connectivity index (χ1v) is 8.70. The molecule has 0 atom stereocenters. The quantitative estimate of drug-likeness (QED) is 0.246. The zero-order valence-electron chi connectivity index (χ0n) is 14.6. The van der Waals surface area contributed by atoms with Crippen LogP contribution in [0.3, 0.4) is 0 Å². The molecular formula is C23H16ClNO2. The van der Waals surface area contributed by atoms with Crippen molar-refractivity contribution in [2.75, 3.05) is 0 Å². The van der Waals surface area contributed by atoms with Gasteiger partial charge in [-0.2, -0.15) is 5.26 Å². The molecule has 0 amide bonds. The fourth-order valence-electron chi connectivity index (χ4n) is 2.60. The Morgan fingerprint density at radius 2 is 1.78 bits per heavy atom. The summed E-state index contributed by atoms with van der Waals surface area (Å²) in [6, 6.07) is 23.6. The zero-order valence-corrected chi connectivity index (χ0v) is 15.4. The van der Waals surface area contributed by atoms with Crippen LogP contribution < -0.4 is 4.74 Å². The lowest BCUT2D eigenvalue weighted by Crippen LogP contribution is -2.09. The first-order chi connectivity index (χ1) is 13.1. The summed E-state index contributed by atoms with van der Waals surface area (Å²) in [5.41, 5.74) is 3.47. The maximum absolute atomic E-state index is 12.3. The van der Waals surface area contributed by atoms with Gasteiger partial charge in [0, 0.05) is 5.02 Å². The molecular weight excluding hydrogens is 358 g/mol. The van der Waals surface area contributed by atoms with E-state index < -0.39 is 5.97 Å². The van der Waals surface area contributed by atoms with Gasteiger partial charge in [-0.3, -0.25) is 0 Å². The smallest absolute Gasteiger partial charge is 0.343 e. The van der Waals surface area contributed by atoms with E-state index in [0.29, 0.717) is 21.9 Å². The number of carbonyl (C=O) groups is 1. The monoisotopic (exact) mass is 373 g/mol. The average molecular weight is 374 g/mol. The standard InChI is InChI=1S/C23H16ClNO2/c1-16-5-2-3-8-22(16)23(26)27-21-11-9-17(10-12-21)13-19(15-25)18-6-4-7-20(24)14-18/h2-14H,1H3/b19-13-. The van der Waals surface area contributed by atoms with Gasteiger partial charge in [0.1, 0.15) is 5.75 Å². The predicted molar refractivity (Wildman–Crippen MR) is 108 cm³/mol. The molecule has 0 unspecified atom stereocenters. The van der Waals surface area contributed by atoms with Crippen LogP contribution >= 0.6 is 11.6 Å². The molecule has 0 saturated carbocycles. The van der Waals surface area contributed by atoms with Gasteiger partial charge >= 0.3 is 5.97 Å². The van der Waals surface area contributed by atoms with Crippen molar-refractivity contribution in [3.05, 3.63) is 100 Å². The molecule has 0 radical (unpaired) electrons. The van der Waals surface area contributed by atoms with E-state index in [-0.39, 0.29) is 0 Å². The van der Waals surface area contributed by atoms with Crippen molar-refractivity contribution in [2.24, 2.45) is 0 Å². The maximum atomic E-state index is 12.3. The van der Waals surface area contributed by atoms with Crippen LogP contribution in [0.5, 0.6) is 5.75 Å². The minimum absolute atomic E-state index is 0.395. The molecule has 4 heteroatoms. The number of ether oxygens (including phenoxy) is 1. The fourth-order valence-corrected chi connectivity index (χ4v) is 2.79. The van der Waals surface area contributed by atoms with E-state index in [9.17, 15) is 10.1 Å². The average Bonchev–Trinajstić information content (AvgIpc) is 2.67. The number of allylic oxidation sites excluding steroid dienone is 1. The number of aryl methyl sites for hydroxylation is 1. The topological polar surface area (TPSA) is 50.1 Å². The zero-order chi connectivity index (χ0) is 19.2. The predicted octanol–water partition coefficient (Wildman–Crippen LogP) is 5.93. The largest absolute Gasteiger partial charge is 0.423 e. The Morgan fingerprint density at radius 3 is 2.44 bits per heavy atom. The van der Waals surface area contributed by atoms with Crippen molar-refractivity contribution < 1.29 is 9.53 Å². The van der Waals surface area contributed by atoms with Gasteiger partial charge in [-0.15, -0.1) is 0 Å². The Labute approximate surface area is 163 Å². The van der Waals surface area contributed by atoms with E-state index >= 15 is 0 Å². The molecule has 0 aliphatic heterocycles. The molecule has 0 saturated heterocycles. The fraction of sp³-hybridized carbons (Fsp3) is 0.0435. The van der Waals surface area contributed by atoms with Gasteiger partial charge in [0.15, 0.2) is 0 Å². The van der Waals surface area contributed by atoms with Crippen molar-refractivity contribution in [1.82, 2.24) is 0 Å². The van der Waals surface area contributed by atoms with Crippen LogP contribution in [-0.4, -0.2) is 5.97 Å². The summed E-state index contributed by atoms with van der Waals surface area (Å²) in [4.78, 5) is 12.3. The Kier molecular flexibility index (Phi) is 5.71. The van der Waals surface area contributed by atoms with Crippen LogP contribution in [0.1, 0.15) is 27.0 Å². The first kappa shape index (κ1) is 18.4. The SMILES string of the molecule is Cc1ccccc1C(=O)Oc1ccc(/C=C(/C#N)c2cccc(Cl)c2)cc1. The molecule has 27 heavy (non-hydrogen) atoms. The molecule has 3 aromatic rings. The summed E-state index contributed by atoms with van der Waals surface area (Å²) in [5, 5.41) is 10.0. The number of halogens is 1. The summed E-state index contributed by atoms with van der Waals surface area (Å²) in [6.07, 6.45) is 1.76. The number of nitrogens with zero attached hydrogens (tertiary/aromatic N) is 1. The van der Waals surface area contributed by atoms with Crippen molar-refractivity contribution in [3.8, 4) is 11.8 Å². The third kappa shape index (κ3) is 4.63. The molecule has 3 rings (SSSR count). The van der Waals surface area contributed by atoms with Crippen LogP contribution in [0.15, 0.2) is 72.8 Å². The minimum atomic E-state index is -0.395. The van der Waals surface area contributed by atoms with E-state index in [1.165, 1.54) is 0 Å². The number of nitriles is 1. The van der Waals surface area contributed by atoms with Gasteiger partial charge in [0.2, 0.25) is 0 Å². The van der Waals surface area contributed by atoms with E-state index in [0.717, 1.165) is 16.7 Å². The van der Waals surface area contributed by atoms with Gasteiger partial charge in [-0.05, 0) is 60.0 Å². The second-order valence-corrected chi connectivity index (χ2v) is 6.39. The van der Waals surface area contributed by atoms with Gasteiger partial charge in [-0.1, -0.05) is 54.1 Å². The van der Waals surface area contributed by atoms with Crippen LogP contribution in [0.4, 0.5) is 0 Å². The number of hydrogen-bond donors (Lipinski definition) is 0. The molecule has 0 aliphatic rings. The molecule has 0 N–H and O–H groups in total. The Hall–Kier alpha value is -3.35.